The molecule has 0 aromatic heterocycles. The molecule has 3 heteroatoms. The van der Waals surface area contributed by atoms with Gasteiger partial charge in [0.2, 0.25) is 0 Å². The molecule has 1 unspecified atom stereocenters. The average molecular weight is 313 g/mol. The number of carbonyl (C=O) groups is 1. The molecule has 0 amide bonds. The van der Waals surface area contributed by atoms with Gasteiger partial charge >= 0.3 is 5.97 Å². The van der Waals surface area contributed by atoms with E-state index < -0.39 is 8.80 Å². The highest BCUT2D eigenvalue weighted by atomic mass is 28.3. The molecule has 0 bridgehead atoms. The Labute approximate surface area is 134 Å². The number of allylic oxidation sites excluding steroid dienone is 1. The van der Waals surface area contributed by atoms with E-state index in [0.717, 1.165) is 32.1 Å². The van der Waals surface area contributed by atoms with Crippen LogP contribution in [0.25, 0.3) is 0 Å². The topological polar surface area (TPSA) is 26.3 Å². The predicted molar refractivity (Wildman–Crippen MR) is 95.6 cm³/mol. The van der Waals surface area contributed by atoms with Gasteiger partial charge in [-0.15, -0.1) is 6.58 Å². The number of rotatable bonds is 13. The van der Waals surface area contributed by atoms with Crippen LogP contribution >= 0.6 is 0 Å². The van der Waals surface area contributed by atoms with Crippen LogP contribution in [0.2, 0.25) is 18.1 Å². The van der Waals surface area contributed by atoms with E-state index in [9.17, 15) is 4.79 Å². The summed E-state index contributed by atoms with van der Waals surface area (Å²) in [6.45, 7) is 13.4. The molecule has 0 radical (unpaired) electrons. The second-order valence-electron chi connectivity index (χ2n) is 6.46. The maximum absolute atomic E-state index is 12.7. The van der Waals surface area contributed by atoms with Gasteiger partial charge in [-0.05, 0) is 19.3 Å². The number of esters is 1. The molecule has 0 rings (SSSR count). The Bertz CT molecular complexity index is 289. The molecule has 0 spiro atoms. The lowest BCUT2D eigenvalue weighted by molar-refractivity contribution is -0.148. The zero-order chi connectivity index (χ0) is 16.1. The van der Waals surface area contributed by atoms with Gasteiger partial charge in [0, 0.05) is 0 Å². The van der Waals surface area contributed by atoms with Crippen molar-refractivity contribution in [2.24, 2.45) is 0 Å². The quantitative estimate of drug-likeness (QED) is 0.194. The van der Waals surface area contributed by atoms with E-state index in [2.05, 4.69) is 33.5 Å². The second-order valence-corrected chi connectivity index (χ2v) is 9.87. The van der Waals surface area contributed by atoms with Gasteiger partial charge in [0.1, 0.15) is 0 Å². The monoisotopic (exact) mass is 312 g/mol. The molecule has 0 aliphatic carbocycles. The largest absolute Gasteiger partial charge is 0.465 e. The highest BCUT2D eigenvalue weighted by Gasteiger charge is 2.41. The Morgan fingerprint density at radius 1 is 1.10 bits per heavy atom. The van der Waals surface area contributed by atoms with Crippen molar-refractivity contribution in [3.63, 3.8) is 0 Å². The fourth-order valence-corrected chi connectivity index (χ4v) is 4.79. The zero-order valence-electron chi connectivity index (χ0n) is 14.7. The maximum Gasteiger partial charge on any atom is 0.309 e. The Morgan fingerprint density at radius 2 is 1.71 bits per heavy atom. The molecule has 0 saturated heterocycles. The highest BCUT2D eigenvalue weighted by molar-refractivity contribution is 6.64. The number of unbranched alkanes of at least 4 members (excludes halogenated alkanes) is 5. The smallest absolute Gasteiger partial charge is 0.309 e. The Hall–Kier alpha value is -0.573. The predicted octanol–water partition coefficient (Wildman–Crippen LogP) is 5.49. The van der Waals surface area contributed by atoms with Crippen LogP contribution in [0.1, 0.15) is 71.6 Å². The van der Waals surface area contributed by atoms with E-state index >= 15 is 0 Å². The third kappa shape index (κ3) is 7.30. The molecule has 2 nitrogen and oxygen atoms in total. The normalized spacial score (nSPS) is 14.0. The van der Waals surface area contributed by atoms with Crippen LogP contribution in [0.4, 0.5) is 0 Å². The molecule has 0 N–H and O–H groups in total. The van der Waals surface area contributed by atoms with E-state index in [1.807, 2.05) is 6.08 Å². The summed E-state index contributed by atoms with van der Waals surface area (Å²) in [6.07, 6.45) is 11.8. The van der Waals surface area contributed by atoms with Gasteiger partial charge in [0.15, 0.2) is 0 Å². The minimum absolute atomic E-state index is 0.0491. The van der Waals surface area contributed by atoms with E-state index in [4.69, 9.17) is 4.74 Å². The first kappa shape index (κ1) is 20.4. The third-order valence-corrected chi connectivity index (χ3v) is 7.45. The first-order chi connectivity index (χ1) is 10.0. The lowest BCUT2D eigenvalue weighted by atomic mass is 9.97. The molecular formula is C18H36O2Si. The molecule has 0 fully saturated rings. The van der Waals surface area contributed by atoms with Crippen molar-refractivity contribution in [2.75, 3.05) is 6.61 Å². The Kier molecular flexibility index (Phi) is 11.7. The van der Waals surface area contributed by atoms with Crippen molar-refractivity contribution in [1.29, 1.82) is 0 Å². The lowest BCUT2D eigenvalue weighted by Crippen LogP contribution is -2.37. The average Bonchev–Trinajstić information content (AvgIpc) is 2.46. The molecular weight excluding hydrogens is 276 g/mol. The Balaban J connectivity index is 4.45. The van der Waals surface area contributed by atoms with Gasteiger partial charge in [-0.2, -0.15) is 0 Å². The van der Waals surface area contributed by atoms with Crippen LogP contribution in [0.15, 0.2) is 12.7 Å². The fraction of sp³-hybridized carbons (Fsp3) is 0.833. The zero-order valence-corrected chi connectivity index (χ0v) is 15.9. The van der Waals surface area contributed by atoms with Crippen molar-refractivity contribution in [1.82, 2.24) is 0 Å². The number of hydrogen-bond acceptors (Lipinski definition) is 2. The van der Waals surface area contributed by atoms with Gasteiger partial charge in [-0.1, -0.05) is 71.5 Å². The summed E-state index contributed by atoms with van der Waals surface area (Å²) in [4.78, 5) is 12.7. The van der Waals surface area contributed by atoms with Gasteiger partial charge in [0.05, 0.1) is 20.4 Å². The summed E-state index contributed by atoms with van der Waals surface area (Å²) < 4.78 is 5.65. The minimum Gasteiger partial charge on any atom is -0.465 e. The van der Waals surface area contributed by atoms with Crippen molar-refractivity contribution < 1.29 is 9.53 Å². The molecule has 0 aliphatic heterocycles. The fourth-order valence-electron chi connectivity index (χ4n) is 2.81. The molecule has 0 aromatic rings. The highest BCUT2D eigenvalue weighted by Crippen LogP contribution is 2.42. The first-order valence-electron chi connectivity index (χ1n) is 8.83. The van der Waals surface area contributed by atoms with Crippen molar-refractivity contribution in [3.05, 3.63) is 12.7 Å². The van der Waals surface area contributed by atoms with E-state index in [1.54, 1.807) is 0 Å². The molecule has 21 heavy (non-hydrogen) atoms. The van der Waals surface area contributed by atoms with Crippen LogP contribution < -0.4 is 0 Å². The van der Waals surface area contributed by atoms with Crippen molar-refractivity contribution in [3.8, 4) is 0 Å². The first-order valence-corrected chi connectivity index (χ1v) is 11.7. The number of ether oxygens (including phenoxy) is 1. The molecule has 124 valence electrons. The molecule has 0 aromatic carbocycles. The van der Waals surface area contributed by atoms with Crippen molar-refractivity contribution in [2.45, 2.75) is 89.8 Å². The summed E-state index contributed by atoms with van der Waals surface area (Å²) in [6, 6.07) is 0. The second kappa shape index (κ2) is 12.0. The molecule has 0 saturated carbocycles. The van der Waals surface area contributed by atoms with E-state index in [1.165, 1.54) is 25.7 Å². The lowest BCUT2D eigenvalue weighted by Gasteiger charge is -2.34. The van der Waals surface area contributed by atoms with Gasteiger partial charge in [-0.3, -0.25) is 4.79 Å². The van der Waals surface area contributed by atoms with Gasteiger partial charge in [-0.25, -0.2) is 0 Å². The van der Waals surface area contributed by atoms with Crippen LogP contribution in [-0.2, 0) is 9.53 Å². The van der Waals surface area contributed by atoms with Gasteiger partial charge in [0.25, 0.3) is 0 Å². The van der Waals surface area contributed by atoms with Crippen LogP contribution in [0, 0.1) is 0 Å². The van der Waals surface area contributed by atoms with Crippen LogP contribution in [0.5, 0.6) is 0 Å². The summed E-state index contributed by atoms with van der Waals surface area (Å²) in [7, 11) is -1.14. The van der Waals surface area contributed by atoms with E-state index in [-0.39, 0.29) is 11.0 Å². The summed E-state index contributed by atoms with van der Waals surface area (Å²) in [5, 5.41) is -0.235. The summed E-state index contributed by atoms with van der Waals surface area (Å²) in [5.41, 5.74) is 0. The van der Waals surface area contributed by atoms with Crippen LogP contribution in [-0.4, -0.2) is 21.4 Å². The molecule has 0 aliphatic rings. The van der Waals surface area contributed by atoms with E-state index in [0.29, 0.717) is 6.61 Å². The minimum atomic E-state index is -1.14. The maximum atomic E-state index is 12.7. The summed E-state index contributed by atoms with van der Waals surface area (Å²) >= 11 is 0. The van der Waals surface area contributed by atoms with Crippen LogP contribution in [0.3, 0.4) is 0 Å². The SMILES string of the molecule is C=CCC(CCCC)(C(=O)OCCCCCCC)[SiH](C)C. The standard InChI is InChI=1S/C18H36O2Si/c1-6-9-11-12-13-16-20-17(19)18(14-8-3,21(4)5)15-10-7-2/h8,21H,3,6-7,9-16H2,1-2,4-5H3. The Morgan fingerprint density at radius 3 is 2.24 bits per heavy atom. The third-order valence-electron chi connectivity index (χ3n) is 4.48. The number of hydrogen-bond donors (Lipinski definition) is 0. The molecule has 0 heterocycles. The van der Waals surface area contributed by atoms with Crippen molar-refractivity contribution >= 4 is 14.8 Å². The summed E-state index contributed by atoms with van der Waals surface area (Å²) in [5.74, 6) is 0.0491. The molecule has 1 atom stereocenters. The number of carbonyl (C=O) groups excluding carboxylic acids is 1. The van der Waals surface area contributed by atoms with Gasteiger partial charge < -0.3 is 4.74 Å².